The lowest BCUT2D eigenvalue weighted by molar-refractivity contribution is -0.142. The van der Waals surface area contributed by atoms with E-state index in [9.17, 15) is 9.59 Å². The Labute approximate surface area is 151 Å². The van der Waals surface area contributed by atoms with Crippen molar-refractivity contribution in [3.05, 3.63) is 71.9 Å². The van der Waals surface area contributed by atoms with Crippen LogP contribution in [0.3, 0.4) is 0 Å². The maximum atomic E-state index is 12.1. The average molecular weight is 351 g/mol. The van der Waals surface area contributed by atoms with Crippen LogP contribution in [-0.2, 0) is 20.9 Å². The van der Waals surface area contributed by atoms with E-state index in [2.05, 4.69) is 10.6 Å². The van der Waals surface area contributed by atoms with Crippen LogP contribution in [0.1, 0.15) is 17.5 Å². The van der Waals surface area contributed by atoms with Crippen LogP contribution < -0.4 is 10.6 Å². The molecule has 2 aromatic rings. The van der Waals surface area contributed by atoms with Crippen molar-refractivity contribution in [1.29, 1.82) is 0 Å². The first-order valence-electron chi connectivity index (χ1n) is 8.21. The van der Waals surface area contributed by atoms with E-state index in [0.29, 0.717) is 0 Å². The predicted molar refractivity (Wildman–Crippen MR) is 96.4 cm³/mol. The Kier molecular flexibility index (Phi) is 5.53. The summed E-state index contributed by atoms with van der Waals surface area (Å²) in [6.07, 6.45) is 1.30. The fraction of sp³-hybridized carbons (Fsp3) is 0.200. The smallest absolute Gasteiger partial charge is 0.408 e. The molecule has 1 N–H and O–H groups in total. The van der Waals surface area contributed by atoms with Crippen LogP contribution in [-0.4, -0.2) is 25.2 Å². The molecule has 1 amide bonds. The molecule has 1 heterocycles. The van der Waals surface area contributed by atoms with Crippen molar-refractivity contribution in [3.8, 4) is 0 Å². The number of amides is 1. The number of nitrogens with one attached hydrogen (secondary N) is 1. The number of rotatable bonds is 6. The number of para-hydroxylation sites is 1. The second-order valence-electron chi connectivity index (χ2n) is 5.79. The van der Waals surface area contributed by atoms with E-state index < -0.39 is 18.1 Å². The van der Waals surface area contributed by atoms with Gasteiger partial charge in [-0.3, -0.25) is 5.32 Å². The monoisotopic (exact) mass is 351 g/mol. The number of carbonyl (C=O) groups excluding carboxylic acids is 2. The molecule has 3 rings (SSSR count). The second kappa shape index (κ2) is 8.20. The minimum Gasteiger partial charge on any atom is -0.467 e. The van der Waals surface area contributed by atoms with Gasteiger partial charge in [-0.15, -0.1) is 0 Å². The average Bonchev–Trinajstić information content (AvgIpc) is 3.09. The molecule has 0 bridgehead atoms. The van der Waals surface area contributed by atoms with Gasteiger partial charge in [-0.25, -0.2) is 9.59 Å². The van der Waals surface area contributed by atoms with Crippen molar-refractivity contribution in [2.24, 2.45) is 0 Å². The first-order chi connectivity index (χ1) is 12.7. The van der Waals surface area contributed by atoms with Gasteiger partial charge >= 0.3 is 12.1 Å². The van der Waals surface area contributed by atoms with Gasteiger partial charge in [0.15, 0.2) is 0 Å². The molecule has 1 unspecified atom stereocenters. The minimum absolute atomic E-state index is 0.126. The van der Waals surface area contributed by atoms with E-state index in [-0.39, 0.29) is 13.0 Å². The summed E-state index contributed by atoms with van der Waals surface area (Å²) in [7, 11) is 1.29. The van der Waals surface area contributed by atoms with Crippen LogP contribution in [0.2, 0.25) is 0 Å². The molecular weight excluding hydrogens is 332 g/mol. The van der Waals surface area contributed by atoms with Crippen molar-refractivity contribution in [2.75, 3.05) is 7.11 Å². The Morgan fingerprint density at radius 1 is 1.08 bits per heavy atom. The first kappa shape index (κ1) is 17.5. The van der Waals surface area contributed by atoms with Gasteiger partial charge in [0.1, 0.15) is 12.6 Å². The molecule has 1 aliphatic heterocycles. The largest absolute Gasteiger partial charge is 0.467 e. The Morgan fingerprint density at radius 2 is 1.81 bits per heavy atom. The highest BCUT2D eigenvalue weighted by Crippen LogP contribution is 2.32. The number of esters is 1. The maximum absolute atomic E-state index is 12.1. The van der Waals surface area contributed by atoms with Gasteiger partial charge in [0.25, 0.3) is 0 Å². The lowest BCUT2D eigenvalue weighted by atomic mass is 10.0. The van der Waals surface area contributed by atoms with E-state index in [1.165, 1.54) is 7.11 Å². The third-order valence-corrected chi connectivity index (χ3v) is 4.02. The molecule has 0 saturated heterocycles. The highest BCUT2D eigenvalue weighted by molar-refractivity contribution is 5.86. The normalized spacial score (nSPS) is 13.0. The fourth-order valence-corrected chi connectivity index (χ4v) is 2.70. The van der Waals surface area contributed by atoms with Gasteiger partial charge < -0.3 is 14.8 Å². The molecule has 0 aromatic heterocycles. The van der Waals surface area contributed by atoms with E-state index in [1.807, 2.05) is 54.6 Å². The Hall–Kier alpha value is -3.28. The highest BCUT2D eigenvalue weighted by Gasteiger charge is 2.26. The standard InChI is InChI=1S/C20H19N2O4/c1-25-19(23)18(11-15-12-21-17-10-6-5-9-16(15)17)22-20(24)26-13-14-7-3-2-4-8-14/h2-10,12,18H,11,13H2,1H3,(H,22,24). The Morgan fingerprint density at radius 3 is 2.58 bits per heavy atom. The number of benzene rings is 2. The van der Waals surface area contributed by atoms with Crippen molar-refractivity contribution < 1.29 is 19.1 Å². The topological polar surface area (TPSA) is 78.7 Å². The Balaban J connectivity index is 1.62. The van der Waals surface area contributed by atoms with Gasteiger partial charge in [0.05, 0.1) is 12.8 Å². The lowest BCUT2D eigenvalue weighted by Crippen LogP contribution is -2.41. The number of nitrogens with zero attached hydrogens (tertiary/aromatic N) is 1. The number of hydrogen-bond donors (Lipinski definition) is 1. The third-order valence-electron chi connectivity index (χ3n) is 4.02. The zero-order valence-corrected chi connectivity index (χ0v) is 14.3. The highest BCUT2D eigenvalue weighted by atomic mass is 16.6. The summed E-state index contributed by atoms with van der Waals surface area (Å²) < 4.78 is 9.99. The number of alkyl carbamates (subject to hydrolysis) is 1. The van der Waals surface area contributed by atoms with Gasteiger partial charge in [-0.05, 0) is 17.2 Å². The molecular formula is C20H19N2O4. The van der Waals surface area contributed by atoms with Crippen LogP contribution in [0.25, 0.3) is 5.57 Å². The molecule has 0 saturated carbocycles. The summed E-state index contributed by atoms with van der Waals surface area (Å²) in [5, 5.41) is 6.89. The zero-order chi connectivity index (χ0) is 18.4. The van der Waals surface area contributed by atoms with E-state index in [4.69, 9.17) is 9.47 Å². The quantitative estimate of drug-likeness (QED) is 0.811. The molecule has 2 aromatic carbocycles. The number of ether oxygens (including phenoxy) is 2. The molecule has 6 heteroatoms. The van der Waals surface area contributed by atoms with Crippen LogP contribution >= 0.6 is 0 Å². The lowest BCUT2D eigenvalue weighted by Gasteiger charge is -2.17. The molecule has 6 nitrogen and oxygen atoms in total. The Bertz CT molecular complexity index is 818. The molecule has 0 aliphatic carbocycles. The van der Waals surface area contributed by atoms with Gasteiger partial charge in [0, 0.05) is 18.2 Å². The summed E-state index contributed by atoms with van der Waals surface area (Å²) in [5.74, 6) is -0.535. The van der Waals surface area contributed by atoms with Crippen LogP contribution in [0.5, 0.6) is 0 Å². The number of fused-ring (bicyclic) bond motifs is 1. The van der Waals surface area contributed by atoms with Crippen LogP contribution in [0.4, 0.5) is 10.5 Å². The molecule has 26 heavy (non-hydrogen) atoms. The van der Waals surface area contributed by atoms with Gasteiger partial charge in [0.2, 0.25) is 0 Å². The third kappa shape index (κ3) is 4.22. The van der Waals surface area contributed by atoms with E-state index in [1.54, 1.807) is 6.20 Å². The number of carbonyl (C=O) groups is 2. The minimum atomic E-state index is -0.851. The van der Waals surface area contributed by atoms with E-state index >= 15 is 0 Å². The SMILES string of the molecule is COC(=O)C(CC1=C[N]c2ccccc21)NC(=O)OCc1ccccc1. The van der Waals surface area contributed by atoms with Crippen molar-refractivity contribution in [2.45, 2.75) is 19.1 Å². The van der Waals surface area contributed by atoms with Crippen molar-refractivity contribution >= 4 is 23.3 Å². The maximum Gasteiger partial charge on any atom is 0.408 e. The predicted octanol–water partition coefficient (Wildman–Crippen LogP) is 3.14. The summed E-state index contributed by atoms with van der Waals surface area (Å²) >= 11 is 0. The van der Waals surface area contributed by atoms with Crippen LogP contribution in [0, 0.1) is 0 Å². The molecule has 133 valence electrons. The second-order valence-corrected chi connectivity index (χ2v) is 5.79. The summed E-state index contributed by atoms with van der Waals surface area (Å²) in [5.41, 5.74) is 3.52. The fourth-order valence-electron chi connectivity index (χ4n) is 2.70. The first-order valence-corrected chi connectivity index (χ1v) is 8.21. The molecule has 1 aliphatic rings. The molecule has 0 fully saturated rings. The number of methoxy groups -OCH3 is 1. The molecule has 1 atom stereocenters. The summed E-state index contributed by atoms with van der Waals surface area (Å²) in [4.78, 5) is 24.2. The summed E-state index contributed by atoms with van der Waals surface area (Å²) in [6, 6.07) is 16.1. The van der Waals surface area contributed by atoms with Crippen LogP contribution in [0.15, 0.2) is 60.8 Å². The molecule has 1 radical (unpaired) electrons. The van der Waals surface area contributed by atoms with Crippen molar-refractivity contribution in [1.82, 2.24) is 10.6 Å². The zero-order valence-electron chi connectivity index (χ0n) is 14.3. The van der Waals surface area contributed by atoms with Crippen molar-refractivity contribution in [3.63, 3.8) is 0 Å². The number of hydrogen-bond acceptors (Lipinski definition) is 4. The summed E-state index contributed by atoms with van der Waals surface area (Å²) in [6.45, 7) is 0.126. The molecule has 0 spiro atoms. The van der Waals surface area contributed by atoms with Gasteiger partial charge in [-0.1, -0.05) is 48.5 Å². The van der Waals surface area contributed by atoms with Gasteiger partial charge in [-0.2, -0.15) is 0 Å². The van der Waals surface area contributed by atoms with E-state index in [0.717, 1.165) is 22.4 Å².